The van der Waals surface area contributed by atoms with Gasteiger partial charge in [0, 0.05) is 17.9 Å². The van der Waals surface area contributed by atoms with Crippen molar-refractivity contribution in [3.63, 3.8) is 0 Å². The van der Waals surface area contributed by atoms with Crippen molar-refractivity contribution in [2.45, 2.75) is 37.4 Å². The summed E-state index contributed by atoms with van der Waals surface area (Å²) in [5, 5.41) is 19.0. The van der Waals surface area contributed by atoms with E-state index in [1.165, 1.54) is 0 Å². The summed E-state index contributed by atoms with van der Waals surface area (Å²) in [6.07, 6.45) is 2.36. The first-order valence-electron chi connectivity index (χ1n) is 5.41. The maximum atomic E-state index is 9.56. The molecular formula is C12H14O3. The molecule has 3 atom stereocenters. The summed E-state index contributed by atoms with van der Waals surface area (Å²) in [4.78, 5) is 0. The van der Waals surface area contributed by atoms with Crippen molar-refractivity contribution >= 4 is 0 Å². The Hall–Kier alpha value is -1.22. The van der Waals surface area contributed by atoms with Crippen LogP contribution in [0.5, 0.6) is 11.5 Å². The third-order valence-corrected chi connectivity index (χ3v) is 3.44. The van der Waals surface area contributed by atoms with Gasteiger partial charge < -0.3 is 14.9 Å². The predicted octanol–water partition coefficient (Wildman–Crippen LogP) is 1.78. The number of phenolic OH excluding ortho intramolecular Hbond substituents is 1. The minimum Gasteiger partial charge on any atom is -0.508 e. The van der Waals surface area contributed by atoms with Crippen LogP contribution in [0.25, 0.3) is 0 Å². The maximum absolute atomic E-state index is 9.56. The average molecular weight is 206 g/mol. The highest BCUT2D eigenvalue weighted by Crippen LogP contribution is 2.46. The van der Waals surface area contributed by atoms with Gasteiger partial charge in [-0.3, -0.25) is 0 Å². The Labute approximate surface area is 88.3 Å². The molecule has 1 heterocycles. The van der Waals surface area contributed by atoms with Crippen LogP contribution < -0.4 is 4.74 Å². The molecule has 0 saturated heterocycles. The molecule has 2 aliphatic rings. The van der Waals surface area contributed by atoms with E-state index in [1.807, 2.05) is 6.07 Å². The van der Waals surface area contributed by atoms with E-state index in [4.69, 9.17) is 4.74 Å². The molecule has 3 heteroatoms. The number of fused-ring (bicyclic) bond motifs is 3. The van der Waals surface area contributed by atoms with Crippen molar-refractivity contribution < 1.29 is 14.9 Å². The minimum atomic E-state index is -0.228. The molecule has 0 radical (unpaired) electrons. The van der Waals surface area contributed by atoms with Crippen LogP contribution in [0.4, 0.5) is 0 Å². The Balaban J connectivity index is 1.96. The molecule has 1 saturated carbocycles. The van der Waals surface area contributed by atoms with Crippen molar-refractivity contribution in [1.82, 2.24) is 0 Å². The number of ether oxygens (including phenoxy) is 1. The van der Waals surface area contributed by atoms with Crippen LogP contribution in [0, 0.1) is 0 Å². The highest BCUT2D eigenvalue weighted by atomic mass is 16.5. The Bertz CT molecular complexity index is 388. The van der Waals surface area contributed by atoms with Crippen LogP contribution in [-0.4, -0.2) is 22.4 Å². The lowest BCUT2D eigenvalue weighted by atomic mass is 9.82. The smallest absolute Gasteiger partial charge is 0.123 e. The molecule has 3 rings (SSSR count). The monoisotopic (exact) mass is 206 g/mol. The van der Waals surface area contributed by atoms with Crippen LogP contribution in [-0.2, 0) is 0 Å². The number of aliphatic hydroxyl groups is 1. The van der Waals surface area contributed by atoms with Crippen LogP contribution >= 0.6 is 0 Å². The highest BCUT2D eigenvalue weighted by molar-refractivity contribution is 5.45. The second-order valence-electron chi connectivity index (χ2n) is 4.45. The zero-order valence-electron chi connectivity index (χ0n) is 8.39. The van der Waals surface area contributed by atoms with E-state index in [9.17, 15) is 10.2 Å². The first kappa shape index (κ1) is 9.04. The standard InChI is InChI=1S/C12H14O3/c13-7-2-4-11-10(5-7)9-3-1-8(14)6-12(9)15-11/h2,4-5,8-9,12-14H,1,3,6H2. The second-order valence-corrected chi connectivity index (χ2v) is 4.45. The Kier molecular flexibility index (Phi) is 1.89. The molecule has 1 fully saturated rings. The van der Waals surface area contributed by atoms with Crippen LogP contribution in [0.2, 0.25) is 0 Å². The Morgan fingerprint density at radius 3 is 3.00 bits per heavy atom. The molecule has 1 aliphatic carbocycles. The number of hydrogen-bond acceptors (Lipinski definition) is 3. The van der Waals surface area contributed by atoms with Crippen LogP contribution in [0.15, 0.2) is 18.2 Å². The number of benzene rings is 1. The summed E-state index contributed by atoms with van der Waals surface area (Å²) in [7, 11) is 0. The van der Waals surface area contributed by atoms with Gasteiger partial charge in [-0.15, -0.1) is 0 Å². The van der Waals surface area contributed by atoms with Gasteiger partial charge in [-0.2, -0.15) is 0 Å². The lowest BCUT2D eigenvalue weighted by Crippen LogP contribution is -2.30. The second kappa shape index (κ2) is 3.14. The van der Waals surface area contributed by atoms with Gasteiger partial charge in [-0.25, -0.2) is 0 Å². The molecule has 80 valence electrons. The van der Waals surface area contributed by atoms with E-state index in [0.29, 0.717) is 18.1 Å². The van der Waals surface area contributed by atoms with Gasteiger partial charge >= 0.3 is 0 Å². The van der Waals surface area contributed by atoms with Crippen molar-refractivity contribution in [3.05, 3.63) is 23.8 Å². The zero-order chi connectivity index (χ0) is 10.4. The van der Waals surface area contributed by atoms with Gasteiger partial charge in [0.15, 0.2) is 0 Å². The van der Waals surface area contributed by atoms with E-state index in [-0.39, 0.29) is 12.2 Å². The minimum absolute atomic E-state index is 0.102. The molecule has 0 aromatic heterocycles. The summed E-state index contributed by atoms with van der Waals surface area (Å²) >= 11 is 0. The number of aromatic hydroxyl groups is 1. The lowest BCUT2D eigenvalue weighted by molar-refractivity contribution is 0.0551. The van der Waals surface area contributed by atoms with E-state index in [0.717, 1.165) is 24.2 Å². The van der Waals surface area contributed by atoms with Gasteiger partial charge in [0.05, 0.1) is 6.10 Å². The molecule has 1 aliphatic heterocycles. The molecule has 3 unspecified atom stereocenters. The molecule has 1 aromatic rings. The number of hydrogen-bond donors (Lipinski definition) is 2. The molecular weight excluding hydrogens is 192 g/mol. The van der Waals surface area contributed by atoms with Gasteiger partial charge in [0.2, 0.25) is 0 Å². The number of rotatable bonds is 0. The summed E-state index contributed by atoms with van der Waals surface area (Å²) in [6, 6.07) is 5.25. The molecule has 0 amide bonds. The molecule has 1 aromatic carbocycles. The highest BCUT2D eigenvalue weighted by Gasteiger charge is 2.38. The molecule has 0 spiro atoms. The number of phenols is 1. The van der Waals surface area contributed by atoms with Crippen LogP contribution in [0.3, 0.4) is 0 Å². The topological polar surface area (TPSA) is 49.7 Å². The van der Waals surface area contributed by atoms with Crippen molar-refractivity contribution in [3.8, 4) is 11.5 Å². The third-order valence-electron chi connectivity index (χ3n) is 3.44. The first-order valence-corrected chi connectivity index (χ1v) is 5.41. The zero-order valence-corrected chi connectivity index (χ0v) is 8.39. The summed E-state index contributed by atoms with van der Waals surface area (Å²) < 4.78 is 5.77. The molecule has 3 nitrogen and oxygen atoms in total. The normalized spacial score (nSPS) is 33.0. The summed E-state index contributed by atoms with van der Waals surface area (Å²) in [5.41, 5.74) is 1.10. The summed E-state index contributed by atoms with van der Waals surface area (Å²) in [6.45, 7) is 0. The lowest BCUT2D eigenvalue weighted by Gasteiger charge is -2.27. The first-order chi connectivity index (χ1) is 7.24. The fourth-order valence-corrected chi connectivity index (χ4v) is 2.69. The van der Waals surface area contributed by atoms with Gasteiger partial charge in [0.25, 0.3) is 0 Å². The fraction of sp³-hybridized carbons (Fsp3) is 0.500. The van der Waals surface area contributed by atoms with Crippen molar-refractivity contribution in [1.29, 1.82) is 0 Å². The average Bonchev–Trinajstić information content (AvgIpc) is 2.54. The van der Waals surface area contributed by atoms with Gasteiger partial charge in [0.1, 0.15) is 17.6 Å². The Morgan fingerprint density at radius 2 is 2.13 bits per heavy atom. The van der Waals surface area contributed by atoms with Gasteiger partial charge in [-0.05, 0) is 31.0 Å². The van der Waals surface area contributed by atoms with Crippen LogP contribution in [0.1, 0.15) is 30.7 Å². The predicted molar refractivity (Wildman–Crippen MR) is 55.1 cm³/mol. The largest absolute Gasteiger partial charge is 0.508 e. The van der Waals surface area contributed by atoms with Crippen molar-refractivity contribution in [2.75, 3.05) is 0 Å². The molecule has 2 N–H and O–H groups in total. The molecule has 0 bridgehead atoms. The fourth-order valence-electron chi connectivity index (χ4n) is 2.69. The quantitative estimate of drug-likeness (QED) is 0.680. The van der Waals surface area contributed by atoms with Gasteiger partial charge in [-0.1, -0.05) is 0 Å². The van der Waals surface area contributed by atoms with E-state index in [1.54, 1.807) is 12.1 Å². The summed E-state index contributed by atoms with van der Waals surface area (Å²) in [5.74, 6) is 1.52. The van der Waals surface area contributed by atoms with E-state index < -0.39 is 0 Å². The van der Waals surface area contributed by atoms with Crippen molar-refractivity contribution in [2.24, 2.45) is 0 Å². The van der Waals surface area contributed by atoms with E-state index in [2.05, 4.69) is 0 Å². The van der Waals surface area contributed by atoms with E-state index >= 15 is 0 Å². The third kappa shape index (κ3) is 1.38. The molecule has 15 heavy (non-hydrogen) atoms. The SMILES string of the molecule is Oc1ccc2c(c1)C1CCC(O)CC1O2. The Morgan fingerprint density at radius 1 is 1.27 bits per heavy atom. The maximum Gasteiger partial charge on any atom is 0.123 e. The number of aliphatic hydroxyl groups excluding tert-OH is 1.